The van der Waals surface area contributed by atoms with Crippen molar-refractivity contribution in [1.29, 1.82) is 0 Å². The smallest absolute Gasteiger partial charge is 0.166 e. The lowest BCUT2D eigenvalue weighted by Gasteiger charge is -2.09. The lowest BCUT2D eigenvalue weighted by atomic mass is 10.3. The summed E-state index contributed by atoms with van der Waals surface area (Å²) in [4.78, 5) is 4.13. The number of nitrogens with two attached hydrogens (primary N) is 1. The van der Waals surface area contributed by atoms with Gasteiger partial charge in [-0.1, -0.05) is 27.5 Å². The van der Waals surface area contributed by atoms with Crippen LogP contribution >= 0.6 is 27.5 Å². The predicted octanol–water partition coefficient (Wildman–Crippen LogP) is 3.50. The average molecular weight is 347 g/mol. The van der Waals surface area contributed by atoms with Crippen molar-refractivity contribution in [3.8, 4) is 5.75 Å². The predicted molar refractivity (Wildman–Crippen MR) is 75.5 cm³/mol. The molecule has 0 fully saturated rings. The molecule has 2 rings (SSSR count). The molecular weight excluding hydrogens is 337 g/mol. The SMILES string of the molecule is NNc1ccc(Cl)c(COc2ccc(Br)cc2F)n1. The number of hydrogen-bond donors (Lipinski definition) is 2. The Morgan fingerprint density at radius 1 is 1.37 bits per heavy atom. The Kier molecular flexibility index (Phi) is 4.57. The number of halogens is 3. The first-order valence-electron chi connectivity index (χ1n) is 5.30. The Labute approximate surface area is 122 Å². The van der Waals surface area contributed by atoms with E-state index in [1.54, 1.807) is 18.2 Å². The number of hydrazine groups is 1. The van der Waals surface area contributed by atoms with E-state index in [4.69, 9.17) is 22.2 Å². The summed E-state index contributed by atoms with van der Waals surface area (Å²) < 4.78 is 19.5. The maximum absolute atomic E-state index is 13.6. The zero-order valence-electron chi connectivity index (χ0n) is 9.66. The molecule has 1 aromatic heterocycles. The van der Waals surface area contributed by atoms with Gasteiger partial charge in [-0.15, -0.1) is 0 Å². The maximum atomic E-state index is 13.6. The van der Waals surface area contributed by atoms with Crippen molar-refractivity contribution in [2.75, 3.05) is 5.43 Å². The van der Waals surface area contributed by atoms with Gasteiger partial charge in [0.15, 0.2) is 11.6 Å². The van der Waals surface area contributed by atoms with Crippen molar-refractivity contribution in [2.24, 2.45) is 5.84 Å². The Morgan fingerprint density at radius 3 is 2.84 bits per heavy atom. The molecule has 0 bridgehead atoms. The van der Waals surface area contributed by atoms with Gasteiger partial charge < -0.3 is 10.2 Å². The second-order valence-electron chi connectivity index (χ2n) is 3.63. The van der Waals surface area contributed by atoms with E-state index in [1.165, 1.54) is 12.1 Å². The molecule has 0 radical (unpaired) electrons. The molecule has 0 saturated heterocycles. The molecule has 0 spiro atoms. The second kappa shape index (κ2) is 6.18. The van der Waals surface area contributed by atoms with Gasteiger partial charge in [-0.05, 0) is 30.3 Å². The molecule has 100 valence electrons. The van der Waals surface area contributed by atoms with Gasteiger partial charge in [-0.3, -0.25) is 0 Å². The van der Waals surface area contributed by atoms with Gasteiger partial charge in [-0.25, -0.2) is 15.2 Å². The fraction of sp³-hybridized carbons (Fsp3) is 0.0833. The van der Waals surface area contributed by atoms with E-state index in [9.17, 15) is 4.39 Å². The summed E-state index contributed by atoms with van der Waals surface area (Å²) in [7, 11) is 0. The molecule has 0 aliphatic carbocycles. The number of rotatable bonds is 4. The molecule has 0 unspecified atom stereocenters. The fourth-order valence-electron chi connectivity index (χ4n) is 1.40. The summed E-state index contributed by atoms with van der Waals surface area (Å²) in [6.07, 6.45) is 0. The summed E-state index contributed by atoms with van der Waals surface area (Å²) in [6.45, 7) is 0.0485. The molecule has 19 heavy (non-hydrogen) atoms. The topological polar surface area (TPSA) is 60.2 Å². The van der Waals surface area contributed by atoms with E-state index in [1.807, 2.05) is 0 Å². The molecule has 4 nitrogen and oxygen atoms in total. The van der Waals surface area contributed by atoms with E-state index in [0.717, 1.165) is 0 Å². The minimum atomic E-state index is -0.460. The number of pyridine rings is 1. The van der Waals surface area contributed by atoms with Crippen LogP contribution in [0.2, 0.25) is 5.02 Å². The number of nitrogen functional groups attached to an aromatic ring is 1. The largest absolute Gasteiger partial charge is 0.484 e. The van der Waals surface area contributed by atoms with Crippen LogP contribution in [0.3, 0.4) is 0 Å². The van der Waals surface area contributed by atoms with Crippen molar-refractivity contribution < 1.29 is 9.13 Å². The monoisotopic (exact) mass is 345 g/mol. The summed E-state index contributed by atoms with van der Waals surface area (Å²) in [6, 6.07) is 7.80. The molecule has 0 saturated carbocycles. The first kappa shape index (κ1) is 14.0. The highest BCUT2D eigenvalue weighted by molar-refractivity contribution is 9.10. The number of ether oxygens (including phenoxy) is 1. The van der Waals surface area contributed by atoms with Gasteiger partial charge in [0.1, 0.15) is 12.4 Å². The van der Waals surface area contributed by atoms with Gasteiger partial charge in [0.2, 0.25) is 0 Å². The quantitative estimate of drug-likeness (QED) is 0.657. The minimum absolute atomic E-state index is 0.0485. The van der Waals surface area contributed by atoms with Gasteiger partial charge in [0, 0.05) is 4.47 Å². The number of hydrogen-bond acceptors (Lipinski definition) is 4. The first-order chi connectivity index (χ1) is 9.10. The molecule has 1 heterocycles. The Balaban J connectivity index is 2.14. The Morgan fingerprint density at radius 2 is 2.16 bits per heavy atom. The van der Waals surface area contributed by atoms with E-state index in [-0.39, 0.29) is 12.4 Å². The zero-order chi connectivity index (χ0) is 13.8. The van der Waals surface area contributed by atoms with E-state index in [0.29, 0.717) is 21.0 Å². The average Bonchev–Trinajstić information content (AvgIpc) is 2.39. The Hall–Kier alpha value is -1.37. The highest BCUT2D eigenvalue weighted by Crippen LogP contribution is 2.23. The molecule has 3 N–H and O–H groups in total. The van der Waals surface area contributed by atoms with Crippen molar-refractivity contribution in [3.63, 3.8) is 0 Å². The van der Waals surface area contributed by atoms with Gasteiger partial charge in [0.05, 0.1) is 10.7 Å². The van der Waals surface area contributed by atoms with Crippen LogP contribution in [0.5, 0.6) is 5.75 Å². The molecule has 0 aliphatic heterocycles. The van der Waals surface area contributed by atoms with Crippen LogP contribution < -0.4 is 16.0 Å². The number of nitrogens with one attached hydrogen (secondary N) is 1. The molecule has 2 aromatic rings. The second-order valence-corrected chi connectivity index (χ2v) is 4.96. The van der Waals surface area contributed by atoms with Crippen LogP contribution in [0, 0.1) is 5.82 Å². The fourth-order valence-corrected chi connectivity index (χ4v) is 1.90. The van der Waals surface area contributed by atoms with Crippen LogP contribution in [-0.2, 0) is 6.61 Å². The highest BCUT2D eigenvalue weighted by atomic mass is 79.9. The number of anilines is 1. The molecule has 1 aromatic carbocycles. The molecule has 7 heteroatoms. The van der Waals surface area contributed by atoms with Crippen molar-refractivity contribution in [2.45, 2.75) is 6.61 Å². The molecular formula is C12H10BrClFN3O. The minimum Gasteiger partial charge on any atom is -0.484 e. The molecule has 0 aliphatic rings. The third-order valence-corrected chi connectivity index (χ3v) is 3.16. The first-order valence-corrected chi connectivity index (χ1v) is 6.47. The third kappa shape index (κ3) is 3.56. The van der Waals surface area contributed by atoms with Crippen LogP contribution in [0.1, 0.15) is 5.69 Å². The lowest BCUT2D eigenvalue weighted by molar-refractivity contribution is 0.286. The zero-order valence-corrected chi connectivity index (χ0v) is 12.0. The van der Waals surface area contributed by atoms with Crippen molar-refractivity contribution in [1.82, 2.24) is 4.98 Å². The number of nitrogens with zero attached hydrogens (tertiary/aromatic N) is 1. The van der Waals surface area contributed by atoms with Gasteiger partial charge >= 0.3 is 0 Å². The van der Waals surface area contributed by atoms with Crippen LogP contribution in [-0.4, -0.2) is 4.98 Å². The summed E-state index contributed by atoms with van der Waals surface area (Å²) >= 11 is 9.14. The Bertz CT molecular complexity index is 597. The van der Waals surface area contributed by atoms with Crippen molar-refractivity contribution >= 4 is 33.3 Å². The summed E-state index contributed by atoms with van der Waals surface area (Å²) in [5.74, 6) is 5.38. The van der Waals surface area contributed by atoms with Crippen LogP contribution in [0.15, 0.2) is 34.8 Å². The van der Waals surface area contributed by atoms with Crippen LogP contribution in [0.4, 0.5) is 10.2 Å². The van der Waals surface area contributed by atoms with E-state index in [2.05, 4.69) is 26.3 Å². The van der Waals surface area contributed by atoms with Crippen molar-refractivity contribution in [3.05, 3.63) is 51.3 Å². The molecule has 0 atom stereocenters. The normalized spacial score (nSPS) is 10.3. The van der Waals surface area contributed by atoms with Gasteiger partial charge in [-0.2, -0.15) is 0 Å². The summed E-state index contributed by atoms with van der Waals surface area (Å²) in [5.41, 5.74) is 2.88. The number of benzene rings is 1. The highest BCUT2D eigenvalue weighted by Gasteiger charge is 2.08. The van der Waals surface area contributed by atoms with E-state index < -0.39 is 5.82 Å². The van der Waals surface area contributed by atoms with Crippen LogP contribution in [0.25, 0.3) is 0 Å². The standard InChI is InChI=1S/C12H10BrClFN3O/c13-7-1-3-11(9(15)5-7)19-6-10-8(14)2-4-12(17-10)18-16/h1-5H,6,16H2,(H,17,18). The van der Waals surface area contributed by atoms with E-state index >= 15 is 0 Å². The lowest BCUT2D eigenvalue weighted by Crippen LogP contribution is -2.10. The number of aromatic nitrogens is 1. The summed E-state index contributed by atoms with van der Waals surface area (Å²) in [5, 5.41) is 0.427. The third-order valence-electron chi connectivity index (χ3n) is 2.32. The van der Waals surface area contributed by atoms with Gasteiger partial charge in [0.25, 0.3) is 0 Å². The maximum Gasteiger partial charge on any atom is 0.166 e. The molecule has 0 amide bonds.